The van der Waals surface area contributed by atoms with Crippen LogP contribution in [0, 0.1) is 0 Å². The summed E-state index contributed by atoms with van der Waals surface area (Å²) in [6.45, 7) is 1.33. The summed E-state index contributed by atoms with van der Waals surface area (Å²) < 4.78 is 10.7. The molecule has 0 radical (unpaired) electrons. The van der Waals surface area contributed by atoms with Crippen molar-refractivity contribution in [2.75, 3.05) is 12.1 Å². The average molecular weight is 361 g/mol. The number of fused-ring (bicyclic) bond motifs is 1. The van der Waals surface area contributed by atoms with Gasteiger partial charge >= 0.3 is 0 Å². The number of benzene rings is 2. The van der Waals surface area contributed by atoms with Crippen molar-refractivity contribution in [1.82, 2.24) is 10.3 Å². The molecule has 4 rings (SSSR count). The molecule has 1 aliphatic rings. The number of hydrogen-bond acceptors (Lipinski definition) is 5. The summed E-state index contributed by atoms with van der Waals surface area (Å²) in [5.74, 6) is 1.36. The zero-order chi connectivity index (χ0) is 18.5. The van der Waals surface area contributed by atoms with Crippen molar-refractivity contribution in [2.24, 2.45) is 0 Å². The number of aromatic nitrogens is 1. The van der Waals surface area contributed by atoms with Crippen molar-refractivity contribution in [1.29, 1.82) is 0 Å². The summed E-state index contributed by atoms with van der Waals surface area (Å²) in [6.07, 6.45) is 3.26. The molecular weight excluding hydrogens is 342 g/mol. The lowest BCUT2D eigenvalue weighted by atomic mass is 10.2. The minimum atomic E-state index is -0.155. The third kappa shape index (κ3) is 4.17. The van der Waals surface area contributed by atoms with Gasteiger partial charge in [0.05, 0.1) is 11.3 Å². The van der Waals surface area contributed by atoms with Gasteiger partial charge in [-0.3, -0.25) is 9.78 Å². The zero-order valence-electron chi connectivity index (χ0n) is 14.6. The lowest BCUT2D eigenvalue weighted by Gasteiger charge is -2.09. The molecule has 27 heavy (non-hydrogen) atoms. The van der Waals surface area contributed by atoms with E-state index in [2.05, 4.69) is 15.6 Å². The topological polar surface area (TPSA) is 72.5 Å². The van der Waals surface area contributed by atoms with Gasteiger partial charge in [-0.15, -0.1) is 0 Å². The maximum atomic E-state index is 12.4. The lowest BCUT2D eigenvalue weighted by Crippen LogP contribution is -2.23. The van der Waals surface area contributed by atoms with Gasteiger partial charge in [0, 0.05) is 25.5 Å². The quantitative estimate of drug-likeness (QED) is 0.704. The standard InChI is InChI=1S/C21H19N3O3/c25-21(24-10-15-4-2-1-3-5-15)17-9-18(13-22-12-17)23-11-16-6-7-19-20(8-16)27-14-26-19/h1-9,12-13,23H,10-11,14H2,(H,24,25). The second kappa shape index (κ2) is 7.78. The van der Waals surface area contributed by atoms with E-state index >= 15 is 0 Å². The molecule has 1 amide bonds. The Hall–Kier alpha value is -3.54. The number of pyridine rings is 1. The van der Waals surface area contributed by atoms with Gasteiger partial charge in [-0.2, -0.15) is 0 Å². The third-order valence-electron chi connectivity index (χ3n) is 4.23. The summed E-state index contributed by atoms with van der Waals surface area (Å²) in [6, 6.07) is 17.4. The van der Waals surface area contributed by atoms with Gasteiger partial charge in [0.15, 0.2) is 11.5 Å². The Kier molecular flexibility index (Phi) is 4.87. The van der Waals surface area contributed by atoms with Gasteiger partial charge in [-0.1, -0.05) is 36.4 Å². The highest BCUT2D eigenvalue weighted by molar-refractivity contribution is 5.94. The van der Waals surface area contributed by atoms with Crippen LogP contribution in [-0.4, -0.2) is 17.7 Å². The van der Waals surface area contributed by atoms with Crippen LogP contribution < -0.4 is 20.1 Å². The molecule has 6 heteroatoms. The van der Waals surface area contributed by atoms with Crippen LogP contribution >= 0.6 is 0 Å². The minimum absolute atomic E-state index is 0.155. The van der Waals surface area contributed by atoms with Crippen molar-refractivity contribution < 1.29 is 14.3 Å². The Bertz CT molecular complexity index is 944. The van der Waals surface area contributed by atoms with E-state index in [9.17, 15) is 4.79 Å². The first-order valence-corrected chi connectivity index (χ1v) is 8.67. The number of nitrogens with zero attached hydrogens (tertiary/aromatic N) is 1. The molecule has 136 valence electrons. The fraction of sp³-hybridized carbons (Fsp3) is 0.143. The normalized spacial score (nSPS) is 11.9. The van der Waals surface area contributed by atoms with Crippen molar-refractivity contribution >= 4 is 11.6 Å². The molecule has 0 saturated carbocycles. The van der Waals surface area contributed by atoms with E-state index in [-0.39, 0.29) is 12.7 Å². The molecular formula is C21H19N3O3. The monoisotopic (exact) mass is 361 g/mol. The first kappa shape index (κ1) is 16.9. The Morgan fingerprint density at radius 2 is 1.78 bits per heavy atom. The SMILES string of the molecule is O=C(NCc1ccccc1)c1cncc(NCc2ccc3c(c2)OCO3)c1. The third-order valence-corrected chi connectivity index (χ3v) is 4.23. The summed E-state index contributed by atoms with van der Waals surface area (Å²) in [7, 11) is 0. The second-order valence-electron chi connectivity index (χ2n) is 6.17. The van der Waals surface area contributed by atoms with Crippen molar-refractivity contribution in [3.8, 4) is 11.5 Å². The first-order valence-electron chi connectivity index (χ1n) is 8.67. The van der Waals surface area contributed by atoms with E-state index in [1.807, 2.05) is 48.5 Å². The molecule has 0 bridgehead atoms. The Labute approximate surface area is 157 Å². The summed E-state index contributed by atoms with van der Waals surface area (Å²) >= 11 is 0. The van der Waals surface area contributed by atoms with Crippen LogP contribution in [0.25, 0.3) is 0 Å². The second-order valence-corrected chi connectivity index (χ2v) is 6.17. The van der Waals surface area contributed by atoms with Gasteiger partial charge in [0.25, 0.3) is 5.91 Å². The number of nitrogens with one attached hydrogen (secondary N) is 2. The Morgan fingerprint density at radius 3 is 2.67 bits per heavy atom. The summed E-state index contributed by atoms with van der Waals surface area (Å²) in [5.41, 5.74) is 3.40. The highest BCUT2D eigenvalue weighted by atomic mass is 16.7. The van der Waals surface area contributed by atoms with E-state index in [0.717, 1.165) is 28.3 Å². The van der Waals surface area contributed by atoms with Gasteiger partial charge < -0.3 is 20.1 Å². The van der Waals surface area contributed by atoms with E-state index in [1.54, 1.807) is 18.5 Å². The molecule has 2 heterocycles. The molecule has 3 aromatic rings. The number of hydrogen-bond donors (Lipinski definition) is 2. The van der Waals surface area contributed by atoms with Gasteiger partial charge in [0.1, 0.15) is 0 Å². The van der Waals surface area contributed by atoms with Crippen LogP contribution in [0.1, 0.15) is 21.5 Å². The average Bonchev–Trinajstić information content (AvgIpc) is 3.19. The minimum Gasteiger partial charge on any atom is -0.454 e. The van der Waals surface area contributed by atoms with E-state index in [0.29, 0.717) is 18.7 Å². The molecule has 1 aliphatic heterocycles. The Morgan fingerprint density at radius 1 is 0.926 bits per heavy atom. The van der Waals surface area contributed by atoms with Crippen molar-refractivity contribution in [3.63, 3.8) is 0 Å². The maximum absolute atomic E-state index is 12.4. The molecule has 0 aliphatic carbocycles. The number of anilines is 1. The molecule has 0 spiro atoms. The number of ether oxygens (including phenoxy) is 2. The smallest absolute Gasteiger partial charge is 0.253 e. The molecule has 1 aromatic heterocycles. The van der Waals surface area contributed by atoms with Crippen LogP contribution in [0.15, 0.2) is 67.0 Å². The molecule has 0 unspecified atom stereocenters. The highest BCUT2D eigenvalue weighted by Gasteiger charge is 2.13. The van der Waals surface area contributed by atoms with Crippen LogP contribution in [0.2, 0.25) is 0 Å². The molecule has 6 nitrogen and oxygen atoms in total. The highest BCUT2D eigenvalue weighted by Crippen LogP contribution is 2.32. The maximum Gasteiger partial charge on any atom is 0.253 e. The lowest BCUT2D eigenvalue weighted by molar-refractivity contribution is 0.0950. The number of carbonyl (C=O) groups excluding carboxylic acids is 1. The van der Waals surface area contributed by atoms with Crippen LogP contribution in [0.3, 0.4) is 0 Å². The fourth-order valence-corrected chi connectivity index (χ4v) is 2.80. The van der Waals surface area contributed by atoms with E-state index in [1.165, 1.54) is 0 Å². The van der Waals surface area contributed by atoms with Gasteiger partial charge in [-0.05, 0) is 29.3 Å². The van der Waals surface area contributed by atoms with E-state index in [4.69, 9.17) is 9.47 Å². The van der Waals surface area contributed by atoms with Crippen molar-refractivity contribution in [3.05, 3.63) is 83.7 Å². The van der Waals surface area contributed by atoms with Crippen LogP contribution in [0.5, 0.6) is 11.5 Å². The number of rotatable bonds is 6. The first-order chi connectivity index (χ1) is 13.3. The Balaban J connectivity index is 1.36. The predicted octanol–water partition coefficient (Wildman–Crippen LogP) is 3.35. The summed E-state index contributed by atoms with van der Waals surface area (Å²) in [5, 5.41) is 6.19. The van der Waals surface area contributed by atoms with Gasteiger partial charge in [0.2, 0.25) is 6.79 Å². The fourth-order valence-electron chi connectivity index (χ4n) is 2.80. The number of amides is 1. The summed E-state index contributed by atoms with van der Waals surface area (Å²) in [4.78, 5) is 16.5. The molecule has 2 aromatic carbocycles. The number of carbonyl (C=O) groups is 1. The molecule has 0 saturated heterocycles. The zero-order valence-corrected chi connectivity index (χ0v) is 14.6. The van der Waals surface area contributed by atoms with Crippen LogP contribution in [0.4, 0.5) is 5.69 Å². The predicted molar refractivity (Wildman–Crippen MR) is 102 cm³/mol. The van der Waals surface area contributed by atoms with Gasteiger partial charge in [-0.25, -0.2) is 0 Å². The molecule has 2 N–H and O–H groups in total. The molecule has 0 atom stereocenters. The van der Waals surface area contributed by atoms with Crippen LogP contribution in [-0.2, 0) is 13.1 Å². The largest absolute Gasteiger partial charge is 0.454 e. The van der Waals surface area contributed by atoms with Crippen molar-refractivity contribution in [2.45, 2.75) is 13.1 Å². The molecule has 0 fully saturated rings. The van der Waals surface area contributed by atoms with E-state index < -0.39 is 0 Å².